The summed E-state index contributed by atoms with van der Waals surface area (Å²) in [6.45, 7) is 3.56. The van der Waals surface area contributed by atoms with Crippen molar-refractivity contribution in [2.24, 2.45) is 7.05 Å². The van der Waals surface area contributed by atoms with Crippen LogP contribution in [0.4, 0.5) is 0 Å². The summed E-state index contributed by atoms with van der Waals surface area (Å²) in [5.41, 5.74) is 2.94. The third-order valence-corrected chi connectivity index (χ3v) is 5.03. The quantitative estimate of drug-likeness (QED) is 0.666. The molecule has 4 rings (SSSR count). The van der Waals surface area contributed by atoms with E-state index in [1.54, 1.807) is 10.9 Å². The van der Waals surface area contributed by atoms with Crippen molar-refractivity contribution in [3.05, 3.63) is 47.5 Å². The van der Waals surface area contributed by atoms with Crippen molar-refractivity contribution in [1.29, 1.82) is 0 Å². The van der Waals surface area contributed by atoms with E-state index < -0.39 is 0 Å². The Morgan fingerprint density at radius 2 is 2.18 bits per heavy atom. The van der Waals surface area contributed by atoms with E-state index in [0.717, 1.165) is 5.56 Å². The van der Waals surface area contributed by atoms with Crippen LogP contribution in [-0.4, -0.2) is 80.2 Å². The zero-order valence-corrected chi connectivity index (χ0v) is 16.6. The van der Waals surface area contributed by atoms with Crippen LogP contribution in [0.1, 0.15) is 27.7 Å². The second-order valence-corrected chi connectivity index (χ2v) is 7.42. The Morgan fingerprint density at radius 3 is 2.89 bits per heavy atom. The third kappa shape index (κ3) is 3.27. The smallest absolute Gasteiger partial charge is 0.258 e. The van der Waals surface area contributed by atoms with Gasteiger partial charge in [0.2, 0.25) is 0 Å². The van der Waals surface area contributed by atoms with Crippen molar-refractivity contribution in [3.8, 4) is 0 Å². The number of aromatic nitrogens is 5. The molecule has 9 nitrogen and oxygen atoms in total. The minimum absolute atomic E-state index is 0.0543. The predicted molar refractivity (Wildman–Crippen MR) is 103 cm³/mol. The fraction of sp³-hybridized carbons (Fsp3) is 0.474. The standard InChI is InChI=1S/C19H25N7O2/c1-13-17(15-6-5-7-20-26(15)22-13)19(27)25-8-9-28-16(12-23(2)3)18(25)14-10-21-24(4)11-14/h5-7,10-11,16,18H,8-9,12H2,1-4H3/t16-,18-/m0/s1. The van der Waals surface area contributed by atoms with Gasteiger partial charge in [-0.2, -0.15) is 19.9 Å². The maximum absolute atomic E-state index is 13.7. The van der Waals surface area contributed by atoms with Crippen LogP contribution in [0, 0.1) is 6.92 Å². The van der Waals surface area contributed by atoms with Crippen LogP contribution < -0.4 is 0 Å². The van der Waals surface area contributed by atoms with Crippen molar-refractivity contribution in [1.82, 2.24) is 34.4 Å². The zero-order valence-electron chi connectivity index (χ0n) is 16.6. The Hall–Kier alpha value is -2.78. The Kier molecular flexibility index (Phi) is 4.86. The summed E-state index contributed by atoms with van der Waals surface area (Å²) >= 11 is 0. The molecule has 1 aliphatic rings. The molecule has 148 valence electrons. The summed E-state index contributed by atoms with van der Waals surface area (Å²) in [4.78, 5) is 17.6. The summed E-state index contributed by atoms with van der Waals surface area (Å²) in [5.74, 6) is -0.0543. The molecule has 0 spiro atoms. The Morgan fingerprint density at radius 1 is 1.36 bits per heavy atom. The van der Waals surface area contributed by atoms with Crippen molar-refractivity contribution in [3.63, 3.8) is 0 Å². The Balaban J connectivity index is 1.76. The fourth-order valence-corrected chi connectivity index (χ4v) is 3.87. The normalized spacial score (nSPS) is 20.2. The molecule has 1 saturated heterocycles. The lowest BCUT2D eigenvalue weighted by Crippen LogP contribution is -2.51. The lowest BCUT2D eigenvalue weighted by atomic mass is 9.99. The zero-order chi connectivity index (χ0) is 19.8. The van der Waals surface area contributed by atoms with Gasteiger partial charge in [-0.25, -0.2) is 0 Å². The van der Waals surface area contributed by atoms with E-state index >= 15 is 0 Å². The van der Waals surface area contributed by atoms with E-state index in [0.29, 0.717) is 36.5 Å². The number of carbonyl (C=O) groups excluding carboxylic acids is 1. The molecule has 1 aliphatic heterocycles. The lowest BCUT2D eigenvalue weighted by molar-refractivity contribution is -0.0684. The molecule has 28 heavy (non-hydrogen) atoms. The number of aryl methyl sites for hydroxylation is 2. The van der Waals surface area contributed by atoms with E-state index in [1.807, 2.05) is 57.5 Å². The third-order valence-electron chi connectivity index (χ3n) is 5.03. The van der Waals surface area contributed by atoms with Gasteiger partial charge in [-0.1, -0.05) is 0 Å². The minimum Gasteiger partial charge on any atom is -0.373 e. The SMILES string of the molecule is Cc1nn2ncccc2c1C(=O)N1CCO[C@@H](CN(C)C)[C@@H]1c1cnn(C)c1. The van der Waals surface area contributed by atoms with Gasteiger partial charge < -0.3 is 14.5 Å². The first-order valence-corrected chi connectivity index (χ1v) is 9.32. The first kappa shape index (κ1) is 18.6. The van der Waals surface area contributed by atoms with Crippen molar-refractivity contribution < 1.29 is 9.53 Å². The molecule has 1 fully saturated rings. The van der Waals surface area contributed by atoms with Gasteiger partial charge in [0.15, 0.2) is 0 Å². The number of ether oxygens (including phenoxy) is 1. The monoisotopic (exact) mass is 383 g/mol. The topological polar surface area (TPSA) is 80.8 Å². The maximum atomic E-state index is 13.7. The van der Waals surface area contributed by atoms with Crippen LogP contribution in [0.15, 0.2) is 30.7 Å². The van der Waals surface area contributed by atoms with Gasteiger partial charge in [-0.05, 0) is 33.2 Å². The van der Waals surface area contributed by atoms with Crippen LogP contribution in [0.5, 0.6) is 0 Å². The highest BCUT2D eigenvalue weighted by atomic mass is 16.5. The minimum atomic E-state index is -0.219. The van der Waals surface area contributed by atoms with Crippen LogP contribution in [0.3, 0.4) is 0 Å². The molecule has 0 unspecified atom stereocenters. The first-order chi connectivity index (χ1) is 13.5. The van der Waals surface area contributed by atoms with Crippen molar-refractivity contribution >= 4 is 11.4 Å². The number of rotatable bonds is 4. The molecule has 2 atom stereocenters. The second-order valence-electron chi connectivity index (χ2n) is 7.42. The molecular weight excluding hydrogens is 358 g/mol. The number of carbonyl (C=O) groups is 1. The summed E-state index contributed by atoms with van der Waals surface area (Å²) < 4.78 is 9.34. The molecular formula is C19H25N7O2. The highest BCUT2D eigenvalue weighted by molar-refractivity contribution is 6.02. The molecule has 3 aromatic rings. The Bertz CT molecular complexity index is 993. The summed E-state index contributed by atoms with van der Waals surface area (Å²) in [6, 6.07) is 3.47. The van der Waals surface area contributed by atoms with Gasteiger partial charge in [0.05, 0.1) is 36.2 Å². The Labute approximate surface area is 163 Å². The van der Waals surface area contributed by atoms with E-state index in [-0.39, 0.29) is 18.1 Å². The number of morpholine rings is 1. The molecule has 4 heterocycles. The molecule has 0 aliphatic carbocycles. The number of nitrogens with zero attached hydrogens (tertiary/aromatic N) is 7. The average Bonchev–Trinajstić information content (AvgIpc) is 3.22. The number of likely N-dealkylation sites (N-methyl/N-ethyl adjacent to an activating group) is 1. The molecule has 0 radical (unpaired) electrons. The van der Waals surface area contributed by atoms with Crippen LogP contribution in [-0.2, 0) is 11.8 Å². The first-order valence-electron chi connectivity index (χ1n) is 9.32. The molecule has 3 aromatic heterocycles. The average molecular weight is 383 g/mol. The van der Waals surface area contributed by atoms with E-state index in [4.69, 9.17) is 4.74 Å². The van der Waals surface area contributed by atoms with Gasteiger partial charge in [0.1, 0.15) is 5.52 Å². The molecule has 0 bridgehead atoms. The molecule has 0 saturated carbocycles. The number of fused-ring (bicyclic) bond motifs is 1. The highest BCUT2D eigenvalue weighted by Crippen LogP contribution is 2.32. The summed E-state index contributed by atoms with van der Waals surface area (Å²) in [7, 11) is 5.89. The van der Waals surface area contributed by atoms with Gasteiger partial charge in [-0.15, -0.1) is 0 Å². The van der Waals surface area contributed by atoms with Gasteiger partial charge in [0, 0.05) is 38.1 Å². The maximum Gasteiger partial charge on any atom is 0.258 e. The number of amides is 1. The molecule has 0 aromatic carbocycles. The highest BCUT2D eigenvalue weighted by Gasteiger charge is 2.39. The summed E-state index contributed by atoms with van der Waals surface area (Å²) in [5, 5.41) is 12.9. The van der Waals surface area contributed by atoms with Crippen molar-refractivity contribution in [2.45, 2.75) is 19.1 Å². The predicted octanol–water partition coefficient (Wildman–Crippen LogP) is 0.915. The number of hydrogen-bond acceptors (Lipinski definition) is 6. The van der Waals surface area contributed by atoms with E-state index in [1.165, 1.54) is 4.63 Å². The van der Waals surface area contributed by atoms with Gasteiger partial charge >= 0.3 is 0 Å². The second kappa shape index (κ2) is 7.33. The molecule has 1 amide bonds. The fourth-order valence-electron chi connectivity index (χ4n) is 3.87. The lowest BCUT2D eigenvalue weighted by Gasteiger charge is -2.41. The summed E-state index contributed by atoms with van der Waals surface area (Å²) in [6.07, 6.45) is 5.28. The van der Waals surface area contributed by atoms with Crippen molar-refractivity contribution in [2.75, 3.05) is 33.8 Å². The van der Waals surface area contributed by atoms with E-state index in [9.17, 15) is 4.79 Å². The van der Waals surface area contributed by atoms with Gasteiger partial charge in [-0.3, -0.25) is 9.48 Å². The largest absolute Gasteiger partial charge is 0.373 e. The van der Waals surface area contributed by atoms with E-state index in [2.05, 4.69) is 20.2 Å². The molecule has 0 N–H and O–H groups in total. The molecule has 9 heteroatoms. The number of hydrogen-bond donors (Lipinski definition) is 0. The van der Waals surface area contributed by atoms with Crippen LogP contribution in [0.2, 0.25) is 0 Å². The van der Waals surface area contributed by atoms with Crippen LogP contribution >= 0.6 is 0 Å². The van der Waals surface area contributed by atoms with Gasteiger partial charge in [0.25, 0.3) is 5.91 Å². The van der Waals surface area contributed by atoms with Crippen LogP contribution in [0.25, 0.3) is 5.52 Å².